The van der Waals surface area contributed by atoms with Gasteiger partial charge in [-0.05, 0) is 71.1 Å². The van der Waals surface area contributed by atoms with Crippen LogP contribution < -0.4 is 10.9 Å². The molecule has 0 radical (unpaired) electrons. The van der Waals surface area contributed by atoms with Crippen LogP contribution in [0.15, 0.2) is 23.0 Å². The molecule has 2 fully saturated rings. The van der Waals surface area contributed by atoms with Crippen LogP contribution in [0, 0.1) is 6.92 Å². The Labute approximate surface area is 133 Å². The number of hydrogen-bond acceptors (Lipinski definition) is 3. The number of piperidine rings is 1. The average Bonchev–Trinajstić information content (AvgIpc) is 2.97. The van der Waals surface area contributed by atoms with Crippen molar-refractivity contribution in [2.24, 2.45) is 0 Å². The number of aryl methyl sites for hydroxylation is 1. The van der Waals surface area contributed by atoms with Gasteiger partial charge in [-0.1, -0.05) is 6.07 Å². The highest BCUT2D eigenvalue weighted by atomic mass is 16.1. The number of pyridine rings is 1. The minimum atomic E-state index is 0.126. The smallest absolute Gasteiger partial charge is 0.250 e. The summed E-state index contributed by atoms with van der Waals surface area (Å²) in [5, 5.41) is 3.74. The summed E-state index contributed by atoms with van der Waals surface area (Å²) in [6.07, 6.45) is 7.63. The van der Waals surface area contributed by atoms with Crippen molar-refractivity contribution in [3.8, 4) is 0 Å². The molecule has 1 aromatic rings. The molecular formula is C18H29N3O. The van der Waals surface area contributed by atoms with E-state index in [1.54, 1.807) is 6.07 Å². The predicted octanol–water partition coefficient (Wildman–Crippen LogP) is 2.15. The second-order valence-electron chi connectivity index (χ2n) is 6.87. The van der Waals surface area contributed by atoms with Gasteiger partial charge in [-0.2, -0.15) is 0 Å². The largest absolute Gasteiger partial charge is 0.314 e. The van der Waals surface area contributed by atoms with Crippen LogP contribution in [0.3, 0.4) is 0 Å². The van der Waals surface area contributed by atoms with E-state index in [1.807, 2.05) is 23.6 Å². The Hall–Kier alpha value is -1.13. The number of nitrogens with zero attached hydrogens (tertiary/aromatic N) is 2. The number of rotatable bonds is 6. The summed E-state index contributed by atoms with van der Waals surface area (Å²) in [6, 6.07) is 7.05. The first kappa shape index (κ1) is 15.8. The summed E-state index contributed by atoms with van der Waals surface area (Å²) in [4.78, 5) is 14.5. The zero-order valence-corrected chi connectivity index (χ0v) is 13.8. The molecule has 0 bridgehead atoms. The van der Waals surface area contributed by atoms with Crippen LogP contribution in [0.4, 0.5) is 0 Å². The lowest BCUT2D eigenvalue weighted by molar-refractivity contribution is 0.167. The van der Waals surface area contributed by atoms with E-state index >= 15 is 0 Å². The lowest BCUT2D eigenvalue weighted by Gasteiger charge is -2.35. The molecule has 0 saturated carbocycles. The third-order valence-corrected chi connectivity index (χ3v) is 5.33. The van der Waals surface area contributed by atoms with Crippen LogP contribution in [0.5, 0.6) is 0 Å². The highest BCUT2D eigenvalue weighted by molar-refractivity contribution is 5.04. The van der Waals surface area contributed by atoms with E-state index in [2.05, 4.69) is 10.2 Å². The van der Waals surface area contributed by atoms with Crippen LogP contribution in [0.25, 0.3) is 0 Å². The first-order chi connectivity index (χ1) is 10.7. The van der Waals surface area contributed by atoms with Gasteiger partial charge in [0.25, 0.3) is 5.56 Å². The lowest BCUT2D eigenvalue weighted by atomic mass is 9.97. The molecule has 2 aliphatic rings. The molecule has 2 saturated heterocycles. The van der Waals surface area contributed by atoms with E-state index in [1.165, 1.54) is 38.8 Å². The number of unbranched alkanes of at least 4 members (excludes halogenated alkanes) is 1. The van der Waals surface area contributed by atoms with E-state index in [4.69, 9.17) is 0 Å². The SMILES string of the molecule is Cc1cccc(=O)n1CCCCN[C@@H]1CCN2CCC[C@H]2C1. The fourth-order valence-electron chi connectivity index (χ4n) is 4.02. The number of hydrogen-bond donors (Lipinski definition) is 1. The summed E-state index contributed by atoms with van der Waals surface area (Å²) in [6.45, 7) is 6.53. The Bertz CT molecular complexity index is 539. The molecule has 0 spiro atoms. The molecule has 1 N–H and O–H groups in total. The summed E-state index contributed by atoms with van der Waals surface area (Å²) in [5.41, 5.74) is 1.19. The third-order valence-electron chi connectivity index (χ3n) is 5.33. The van der Waals surface area contributed by atoms with Crippen LogP contribution in [-0.4, -0.2) is 41.2 Å². The molecule has 4 nitrogen and oxygen atoms in total. The van der Waals surface area contributed by atoms with E-state index < -0.39 is 0 Å². The van der Waals surface area contributed by atoms with Gasteiger partial charge in [0.2, 0.25) is 0 Å². The Morgan fingerprint density at radius 1 is 1.23 bits per heavy atom. The molecule has 4 heteroatoms. The monoisotopic (exact) mass is 303 g/mol. The lowest BCUT2D eigenvalue weighted by Crippen LogP contribution is -2.45. The fourth-order valence-corrected chi connectivity index (χ4v) is 4.02. The predicted molar refractivity (Wildman–Crippen MR) is 90.3 cm³/mol. The molecule has 2 atom stereocenters. The van der Waals surface area contributed by atoms with Crippen molar-refractivity contribution in [2.45, 2.75) is 64.1 Å². The minimum absolute atomic E-state index is 0.126. The molecule has 2 aliphatic heterocycles. The molecule has 0 unspecified atom stereocenters. The highest BCUT2D eigenvalue weighted by Gasteiger charge is 2.31. The van der Waals surface area contributed by atoms with E-state index in [0.717, 1.165) is 37.7 Å². The van der Waals surface area contributed by atoms with E-state index in [-0.39, 0.29) is 5.56 Å². The summed E-state index contributed by atoms with van der Waals surface area (Å²) in [7, 11) is 0. The molecule has 0 aromatic carbocycles. The average molecular weight is 303 g/mol. The second-order valence-corrected chi connectivity index (χ2v) is 6.87. The molecule has 3 rings (SSSR count). The number of fused-ring (bicyclic) bond motifs is 1. The van der Waals surface area contributed by atoms with Crippen molar-refractivity contribution < 1.29 is 0 Å². The first-order valence-electron chi connectivity index (χ1n) is 8.88. The van der Waals surface area contributed by atoms with Crippen LogP contribution in [0.2, 0.25) is 0 Å². The number of aromatic nitrogens is 1. The summed E-state index contributed by atoms with van der Waals surface area (Å²) < 4.78 is 1.89. The Balaban J connectivity index is 1.35. The van der Waals surface area contributed by atoms with Crippen LogP contribution in [-0.2, 0) is 6.54 Å². The normalized spacial score (nSPS) is 25.3. The molecule has 1 aromatic heterocycles. The van der Waals surface area contributed by atoms with Gasteiger partial charge in [-0.25, -0.2) is 0 Å². The van der Waals surface area contributed by atoms with Gasteiger partial charge in [0, 0.05) is 30.4 Å². The van der Waals surface area contributed by atoms with Gasteiger partial charge in [-0.15, -0.1) is 0 Å². The topological polar surface area (TPSA) is 37.3 Å². The quantitative estimate of drug-likeness (QED) is 0.818. The molecule has 122 valence electrons. The van der Waals surface area contributed by atoms with Crippen molar-refractivity contribution in [3.63, 3.8) is 0 Å². The molecule has 0 aliphatic carbocycles. The van der Waals surface area contributed by atoms with Gasteiger partial charge >= 0.3 is 0 Å². The molecule has 0 amide bonds. The number of nitrogens with one attached hydrogen (secondary N) is 1. The zero-order valence-electron chi connectivity index (χ0n) is 13.8. The van der Waals surface area contributed by atoms with Crippen molar-refractivity contribution in [1.29, 1.82) is 0 Å². The van der Waals surface area contributed by atoms with Crippen molar-refractivity contribution in [1.82, 2.24) is 14.8 Å². The van der Waals surface area contributed by atoms with Gasteiger partial charge < -0.3 is 14.8 Å². The van der Waals surface area contributed by atoms with E-state index in [0.29, 0.717) is 6.04 Å². The molecule has 3 heterocycles. The minimum Gasteiger partial charge on any atom is -0.314 e. The highest BCUT2D eigenvalue weighted by Crippen LogP contribution is 2.26. The van der Waals surface area contributed by atoms with Crippen molar-refractivity contribution in [3.05, 3.63) is 34.2 Å². The third kappa shape index (κ3) is 3.79. The maximum absolute atomic E-state index is 11.8. The summed E-state index contributed by atoms with van der Waals surface area (Å²) in [5.74, 6) is 0. The zero-order chi connectivity index (χ0) is 15.4. The van der Waals surface area contributed by atoms with Crippen LogP contribution >= 0.6 is 0 Å². The van der Waals surface area contributed by atoms with Gasteiger partial charge in [0.1, 0.15) is 0 Å². The Morgan fingerprint density at radius 3 is 3.00 bits per heavy atom. The summed E-state index contributed by atoms with van der Waals surface area (Å²) >= 11 is 0. The maximum Gasteiger partial charge on any atom is 0.250 e. The maximum atomic E-state index is 11.8. The van der Waals surface area contributed by atoms with Gasteiger partial charge in [0.15, 0.2) is 0 Å². The molecule has 22 heavy (non-hydrogen) atoms. The Kier molecular flexibility index (Phi) is 5.32. The van der Waals surface area contributed by atoms with Crippen molar-refractivity contribution in [2.75, 3.05) is 19.6 Å². The molecular weight excluding hydrogens is 274 g/mol. The first-order valence-corrected chi connectivity index (χ1v) is 8.88. The van der Waals surface area contributed by atoms with Gasteiger partial charge in [0.05, 0.1) is 0 Å². The van der Waals surface area contributed by atoms with Crippen LogP contribution in [0.1, 0.15) is 44.2 Å². The van der Waals surface area contributed by atoms with E-state index in [9.17, 15) is 4.79 Å². The fraction of sp³-hybridized carbons (Fsp3) is 0.722. The van der Waals surface area contributed by atoms with Crippen molar-refractivity contribution >= 4 is 0 Å². The second kappa shape index (κ2) is 7.42. The Morgan fingerprint density at radius 2 is 2.14 bits per heavy atom. The standard InChI is InChI=1S/C18H29N3O/c1-15-6-4-8-18(22)21(15)12-3-2-10-19-16-9-13-20-11-5-7-17(20)14-16/h4,6,8,16-17,19H,2-3,5,7,9-14H2,1H3/t16-,17+/m1/s1. The van der Waals surface area contributed by atoms with Gasteiger partial charge in [-0.3, -0.25) is 4.79 Å².